The minimum absolute atomic E-state index is 0.0485. The SMILES string of the molecule is CC[C@H](OCCOC(F)(F)F)[C@]12C[C@@H](C)C[C@H](C1)N2C(=O)Nc1ccc(Cl)c(-n2nccn2)c1. The molecule has 0 radical (unpaired) electrons. The number of amides is 2. The lowest BCUT2D eigenvalue weighted by molar-refractivity contribution is -0.328. The molecule has 2 aliphatic rings. The number of piperidine rings is 1. The summed E-state index contributed by atoms with van der Waals surface area (Å²) in [5, 5.41) is 11.5. The molecule has 1 saturated carbocycles. The summed E-state index contributed by atoms with van der Waals surface area (Å²) in [4.78, 5) is 16.6. The number of rotatable bonds is 8. The summed E-state index contributed by atoms with van der Waals surface area (Å²) in [6.07, 6.45) is 0.862. The molecule has 12 heteroatoms. The quantitative estimate of drug-likeness (QED) is 0.513. The number of urea groups is 1. The molecule has 2 fully saturated rings. The minimum Gasteiger partial charge on any atom is -0.373 e. The first-order valence-electron chi connectivity index (χ1n) is 11.2. The van der Waals surface area contributed by atoms with Crippen LogP contribution in [0.3, 0.4) is 0 Å². The zero-order valence-electron chi connectivity index (χ0n) is 18.9. The normalized spacial score (nSPS) is 25.1. The first-order chi connectivity index (χ1) is 16.1. The van der Waals surface area contributed by atoms with Crippen molar-refractivity contribution in [1.29, 1.82) is 0 Å². The van der Waals surface area contributed by atoms with Crippen molar-refractivity contribution in [2.24, 2.45) is 5.92 Å². The Balaban J connectivity index is 1.49. The Bertz CT molecular complexity index is 1010. The fourth-order valence-corrected chi connectivity index (χ4v) is 5.62. The van der Waals surface area contributed by atoms with E-state index in [0.29, 0.717) is 28.7 Å². The van der Waals surface area contributed by atoms with Crippen LogP contribution in [0.4, 0.5) is 23.7 Å². The third-order valence-electron chi connectivity index (χ3n) is 6.50. The highest BCUT2D eigenvalue weighted by atomic mass is 35.5. The number of carbonyl (C=O) groups is 1. The number of nitrogens with one attached hydrogen (secondary N) is 1. The Morgan fingerprint density at radius 1 is 1.29 bits per heavy atom. The van der Waals surface area contributed by atoms with Crippen molar-refractivity contribution in [2.45, 2.75) is 63.6 Å². The van der Waals surface area contributed by atoms with Gasteiger partial charge in [-0.15, -0.1) is 13.2 Å². The molecule has 2 amide bonds. The average Bonchev–Trinajstić information content (AvgIpc) is 3.28. The molecule has 186 valence electrons. The van der Waals surface area contributed by atoms with Crippen LogP contribution in [0.25, 0.3) is 5.69 Å². The Morgan fingerprint density at radius 2 is 2.03 bits per heavy atom. The fraction of sp³-hybridized carbons (Fsp3) is 0.591. The molecular formula is C22H27ClF3N5O3. The maximum Gasteiger partial charge on any atom is 0.522 e. The lowest BCUT2D eigenvalue weighted by atomic mass is 9.61. The van der Waals surface area contributed by atoms with Crippen molar-refractivity contribution in [3.05, 3.63) is 35.6 Å². The molecule has 34 heavy (non-hydrogen) atoms. The van der Waals surface area contributed by atoms with Gasteiger partial charge in [-0.3, -0.25) is 4.74 Å². The molecule has 1 aliphatic carbocycles. The standard InChI is InChI=1S/C22H27ClF3N5O3/c1-3-19(33-8-9-34-22(24,25)26)21-12-14(2)10-16(13-21)30(21)20(32)29-15-4-5-17(23)18(11-15)31-27-6-7-28-31/h4-7,11,14,16,19H,3,8-10,12-13H2,1-2H3,(H,29,32)/t14-,16+,19-,21-/m0/s1. The summed E-state index contributed by atoms with van der Waals surface area (Å²) in [6, 6.07) is 4.81. The fourth-order valence-electron chi connectivity index (χ4n) is 5.42. The summed E-state index contributed by atoms with van der Waals surface area (Å²) < 4.78 is 46.6. The highest BCUT2D eigenvalue weighted by Crippen LogP contribution is 2.53. The van der Waals surface area contributed by atoms with E-state index in [1.807, 2.05) is 11.8 Å². The Labute approximate surface area is 200 Å². The molecule has 2 heterocycles. The van der Waals surface area contributed by atoms with Crippen LogP contribution in [0.1, 0.15) is 39.5 Å². The van der Waals surface area contributed by atoms with E-state index in [-0.39, 0.29) is 18.7 Å². The summed E-state index contributed by atoms with van der Waals surface area (Å²) in [5.74, 6) is 0.375. The van der Waals surface area contributed by atoms with Gasteiger partial charge in [0.1, 0.15) is 5.69 Å². The molecule has 2 aromatic rings. The number of hydrogen-bond acceptors (Lipinski definition) is 5. The number of aromatic nitrogens is 3. The Morgan fingerprint density at radius 3 is 2.71 bits per heavy atom. The third kappa shape index (κ3) is 5.01. The maximum absolute atomic E-state index is 13.4. The number of anilines is 1. The van der Waals surface area contributed by atoms with Gasteiger partial charge in [-0.25, -0.2) is 4.79 Å². The summed E-state index contributed by atoms with van der Waals surface area (Å²) in [7, 11) is 0. The molecular weight excluding hydrogens is 475 g/mol. The van der Waals surface area contributed by atoms with Gasteiger partial charge in [0.15, 0.2) is 0 Å². The molecule has 4 atom stereocenters. The maximum atomic E-state index is 13.4. The molecule has 0 spiro atoms. The number of hydrogen-bond donors (Lipinski definition) is 1. The van der Waals surface area contributed by atoms with Gasteiger partial charge in [0, 0.05) is 11.7 Å². The number of likely N-dealkylation sites (tertiary alicyclic amines) is 1. The van der Waals surface area contributed by atoms with E-state index >= 15 is 0 Å². The van der Waals surface area contributed by atoms with Crippen molar-refractivity contribution >= 4 is 23.3 Å². The monoisotopic (exact) mass is 501 g/mol. The molecule has 0 unspecified atom stereocenters. The summed E-state index contributed by atoms with van der Waals surface area (Å²) in [5.41, 5.74) is 0.483. The van der Waals surface area contributed by atoms with Crippen molar-refractivity contribution < 1.29 is 27.4 Å². The number of nitrogens with zero attached hydrogens (tertiary/aromatic N) is 4. The lowest BCUT2D eigenvalue weighted by Gasteiger charge is -2.65. The zero-order chi connectivity index (χ0) is 24.5. The number of benzene rings is 1. The van der Waals surface area contributed by atoms with E-state index in [1.54, 1.807) is 18.2 Å². The molecule has 1 aromatic carbocycles. The van der Waals surface area contributed by atoms with Crippen LogP contribution < -0.4 is 5.32 Å². The van der Waals surface area contributed by atoms with Crippen molar-refractivity contribution in [3.63, 3.8) is 0 Å². The van der Waals surface area contributed by atoms with Crippen LogP contribution in [-0.4, -0.2) is 63.2 Å². The number of carbonyl (C=O) groups excluding carboxylic acids is 1. The van der Waals surface area contributed by atoms with E-state index in [0.717, 1.165) is 19.3 Å². The molecule has 1 saturated heterocycles. The van der Waals surface area contributed by atoms with Crippen LogP contribution in [0.5, 0.6) is 0 Å². The van der Waals surface area contributed by atoms with Crippen LogP contribution in [0.15, 0.2) is 30.6 Å². The molecule has 1 aliphatic heterocycles. The molecule has 8 nitrogen and oxygen atoms in total. The van der Waals surface area contributed by atoms with E-state index in [9.17, 15) is 18.0 Å². The van der Waals surface area contributed by atoms with Gasteiger partial charge in [-0.2, -0.15) is 15.0 Å². The average molecular weight is 502 g/mol. The third-order valence-corrected chi connectivity index (χ3v) is 6.82. The van der Waals surface area contributed by atoms with Gasteiger partial charge in [0.25, 0.3) is 0 Å². The number of halogens is 4. The van der Waals surface area contributed by atoms with Gasteiger partial charge < -0.3 is 15.0 Å². The van der Waals surface area contributed by atoms with Crippen LogP contribution >= 0.6 is 11.6 Å². The van der Waals surface area contributed by atoms with Gasteiger partial charge in [-0.05, 0) is 49.8 Å². The van der Waals surface area contributed by atoms with E-state index < -0.39 is 24.6 Å². The second-order valence-corrected chi connectivity index (χ2v) is 9.26. The molecule has 2 bridgehead atoms. The van der Waals surface area contributed by atoms with Crippen LogP contribution in [0, 0.1) is 5.92 Å². The van der Waals surface area contributed by atoms with Gasteiger partial charge in [0.05, 0.1) is 42.3 Å². The van der Waals surface area contributed by atoms with Gasteiger partial charge >= 0.3 is 12.4 Å². The van der Waals surface area contributed by atoms with Crippen molar-refractivity contribution in [1.82, 2.24) is 19.9 Å². The predicted octanol–water partition coefficient (Wildman–Crippen LogP) is 5.03. The van der Waals surface area contributed by atoms with E-state index in [4.69, 9.17) is 16.3 Å². The highest BCUT2D eigenvalue weighted by Gasteiger charge is 2.61. The minimum atomic E-state index is -4.70. The summed E-state index contributed by atoms with van der Waals surface area (Å²) >= 11 is 6.27. The Kier molecular flexibility index (Phi) is 7.07. The van der Waals surface area contributed by atoms with E-state index in [2.05, 4.69) is 27.2 Å². The largest absolute Gasteiger partial charge is 0.522 e. The van der Waals surface area contributed by atoms with Crippen LogP contribution in [0.2, 0.25) is 5.02 Å². The second-order valence-electron chi connectivity index (χ2n) is 8.85. The van der Waals surface area contributed by atoms with Crippen LogP contribution in [-0.2, 0) is 9.47 Å². The molecule has 1 N–H and O–H groups in total. The van der Waals surface area contributed by atoms with Crippen molar-refractivity contribution in [3.8, 4) is 5.69 Å². The van der Waals surface area contributed by atoms with Gasteiger partial charge in [0.2, 0.25) is 0 Å². The second kappa shape index (κ2) is 9.71. The predicted molar refractivity (Wildman–Crippen MR) is 119 cm³/mol. The van der Waals surface area contributed by atoms with Gasteiger partial charge in [-0.1, -0.05) is 25.4 Å². The highest BCUT2D eigenvalue weighted by molar-refractivity contribution is 6.32. The molecule has 1 aromatic heterocycles. The van der Waals surface area contributed by atoms with E-state index in [1.165, 1.54) is 17.2 Å². The number of ether oxygens (including phenoxy) is 2. The smallest absolute Gasteiger partial charge is 0.373 e. The lowest BCUT2D eigenvalue weighted by Crippen LogP contribution is -2.76. The zero-order valence-corrected chi connectivity index (χ0v) is 19.6. The number of alkyl halides is 3. The first kappa shape index (κ1) is 24.7. The Hall–Kier alpha value is -2.37. The number of fused-ring (bicyclic) bond motifs is 2. The molecule has 4 rings (SSSR count). The summed E-state index contributed by atoms with van der Waals surface area (Å²) in [6.45, 7) is 3.25. The topological polar surface area (TPSA) is 81.5 Å². The first-order valence-corrected chi connectivity index (χ1v) is 11.6. The van der Waals surface area contributed by atoms with Crippen molar-refractivity contribution in [2.75, 3.05) is 18.5 Å².